The zero-order valence-electron chi connectivity index (χ0n) is 41.5. The summed E-state index contributed by atoms with van der Waals surface area (Å²) in [4.78, 5) is 0. The van der Waals surface area contributed by atoms with Gasteiger partial charge in [-0.05, 0) is 38.9 Å². The Morgan fingerprint density at radius 3 is 0.905 bits per heavy atom. The second-order valence-electron chi connectivity index (χ2n) is 18.3. The van der Waals surface area contributed by atoms with E-state index in [0.717, 1.165) is 38.9 Å². The Morgan fingerprint density at radius 1 is 0.284 bits per heavy atom. The maximum Gasteiger partial charge on any atom is 0.187 e. The summed E-state index contributed by atoms with van der Waals surface area (Å²) in [7, 11) is 0. The van der Waals surface area contributed by atoms with Crippen LogP contribution in [0, 0.1) is 0 Å². The van der Waals surface area contributed by atoms with Crippen molar-refractivity contribution in [2.45, 2.75) is 108 Å². The SMILES string of the molecule is SCO[C@H]1O[C@H](COCc2ccccc2)[C@@H](O[C@@H]2O[C@H](COCc3ccccc3)[C@H](OCc3ccccc3)[C@H](OCc3ccccc3)[C@H]2OCc2ccccc2)[C@H](OCc2ccccc2)[C@H]1OCc1ccccc1. The molecule has 2 aliphatic rings. The smallest absolute Gasteiger partial charge is 0.187 e. The summed E-state index contributed by atoms with van der Waals surface area (Å²) in [6.07, 6.45) is -8.36. The van der Waals surface area contributed by atoms with Crippen molar-refractivity contribution in [1.82, 2.24) is 0 Å². The number of rotatable bonds is 27. The van der Waals surface area contributed by atoms with Crippen LogP contribution >= 0.6 is 12.6 Å². The molecule has 9 rings (SSSR count). The van der Waals surface area contributed by atoms with Crippen molar-refractivity contribution in [3.63, 3.8) is 0 Å². The Hall–Kier alpha value is -5.55. The van der Waals surface area contributed by atoms with Gasteiger partial charge >= 0.3 is 0 Å². The van der Waals surface area contributed by atoms with Crippen LogP contribution in [0.1, 0.15) is 38.9 Å². The summed E-state index contributed by atoms with van der Waals surface area (Å²) in [6.45, 7) is 2.16. The Balaban J connectivity index is 1.11. The third kappa shape index (κ3) is 15.7. The van der Waals surface area contributed by atoms with E-state index in [1.807, 2.05) is 212 Å². The summed E-state index contributed by atoms with van der Waals surface area (Å²) >= 11 is 4.52. The van der Waals surface area contributed by atoms with E-state index in [2.05, 4.69) is 12.6 Å². The summed E-state index contributed by atoms with van der Waals surface area (Å²) in [5, 5.41) is 0. The lowest BCUT2D eigenvalue weighted by atomic mass is 9.95. The Bertz CT molecular complexity index is 2590. The number of ether oxygens (including phenoxy) is 11. The van der Waals surface area contributed by atoms with Gasteiger partial charge in [0.25, 0.3) is 0 Å². The molecule has 0 aliphatic carbocycles. The van der Waals surface area contributed by atoms with Gasteiger partial charge in [-0.3, -0.25) is 0 Å². The highest BCUT2D eigenvalue weighted by molar-refractivity contribution is 7.80. The summed E-state index contributed by atoms with van der Waals surface area (Å²) in [5.74, 6) is 0.0565. The van der Waals surface area contributed by atoms with Crippen molar-refractivity contribution in [2.24, 2.45) is 0 Å². The van der Waals surface area contributed by atoms with Gasteiger partial charge in [-0.15, -0.1) is 0 Å². The summed E-state index contributed by atoms with van der Waals surface area (Å²) in [6, 6.07) is 70.2. The van der Waals surface area contributed by atoms with E-state index < -0.39 is 61.4 Å². The third-order valence-electron chi connectivity index (χ3n) is 12.9. The largest absolute Gasteiger partial charge is 0.374 e. The molecular weight excluding hydrogens is 953 g/mol. The first-order valence-corrected chi connectivity index (χ1v) is 26.0. The van der Waals surface area contributed by atoms with Gasteiger partial charge in [0.2, 0.25) is 0 Å². The zero-order chi connectivity index (χ0) is 50.4. The Kier molecular flexibility index (Phi) is 20.8. The van der Waals surface area contributed by atoms with Gasteiger partial charge in [-0.2, -0.15) is 12.6 Å². The van der Waals surface area contributed by atoms with Crippen LogP contribution in [-0.2, 0) is 98.4 Å². The standard InChI is InChI=1S/C62H66O11S/c74-45-70-61-59(68-41-51-32-18-6-19-33-51)58(67-40-50-30-16-5-17-31-50)56(54(71-61)44-64-37-47-24-10-2-11-25-47)73-62-60(69-42-52-34-20-7-21-35-52)57(66-39-49-28-14-4-15-29-49)55(65-38-48-26-12-3-13-27-48)53(72-62)43-63-36-46-22-8-1-9-23-46/h1-35,53-62,74H,36-45H2/t53-,54-,55+,56-,57+,58+,59-,60-,61+,62+/m1/s1. The molecule has 7 aromatic rings. The lowest BCUT2D eigenvalue weighted by Gasteiger charge is -2.50. The maximum absolute atomic E-state index is 7.52. The molecule has 74 heavy (non-hydrogen) atoms. The number of hydrogen-bond donors (Lipinski definition) is 1. The quantitative estimate of drug-likeness (QED) is 0.0394. The van der Waals surface area contributed by atoms with Crippen LogP contribution in [0.25, 0.3) is 0 Å². The van der Waals surface area contributed by atoms with E-state index in [1.165, 1.54) is 0 Å². The van der Waals surface area contributed by atoms with Crippen LogP contribution in [-0.4, -0.2) is 80.6 Å². The van der Waals surface area contributed by atoms with Gasteiger partial charge in [-0.1, -0.05) is 212 Å². The van der Waals surface area contributed by atoms with E-state index in [0.29, 0.717) is 13.2 Å². The molecule has 0 N–H and O–H groups in total. The molecule has 0 amide bonds. The molecule has 2 heterocycles. The minimum atomic E-state index is -1.11. The minimum absolute atomic E-state index is 0.0565. The third-order valence-corrected chi connectivity index (χ3v) is 13.1. The van der Waals surface area contributed by atoms with Gasteiger partial charge in [0.15, 0.2) is 12.6 Å². The van der Waals surface area contributed by atoms with E-state index in [9.17, 15) is 0 Å². The Labute approximate surface area is 440 Å². The number of benzene rings is 7. The van der Waals surface area contributed by atoms with Crippen molar-refractivity contribution in [3.05, 3.63) is 251 Å². The average molecular weight is 1020 g/mol. The van der Waals surface area contributed by atoms with Gasteiger partial charge in [-0.25, -0.2) is 0 Å². The molecule has 0 radical (unpaired) electrons. The second-order valence-corrected chi connectivity index (χ2v) is 18.5. The topological polar surface area (TPSA) is 102 Å². The molecular formula is C62H66O11S. The van der Waals surface area contributed by atoms with Gasteiger partial charge < -0.3 is 52.1 Å². The highest BCUT2D eigenvalue weighted by Gasteiger charge is 2.54. The first-order valence-electron chi connectivity index (χ1n) is 25.4. The predicted octanol–water partition coefficient (Wildman–Crippen LogP) is 11.1. The first-order chi connectivity index (χ1) is 36.7. The summed E-state index contributed by atoms with van der Waals surface area (Å²) < 4.78 is 76.2. The maximum atomic E-state index is 7.52. The molecule has 11 nitrogen and oxygen atoms in total. The average Bonchev–Trinajstić information content (AvgIpc) is 3.45. The molecule has 2 fully saturated rings. The van der Waals surface area contributed by atoms with Crippen LogP contribution in [0.2, 0.25) is 0 Å². The van der Waals surface area contributed by atoms with Crippen molar-refractivity contribution >= 4 is 12.6 Å². The van der Waals surface area contributed by atoms with E-state index in [-0.39, 0.29) is 52.2 Å². The predicted molar refractivity (Wildman–Crippen MR) is 284 cm³/mol. The normalized spacial score (nSPS) is 23.9. The zero-order valence-corrected chi connectivity index (χ0v) is 42.4. The molecule has 0 unspecified atom stereocenters. The fourth-order valence-corrected chi connectivity index (χ4v) is 9.31. The van der Waals surface area contributed by atoms with E-state index >= 15 is 0 Å². The van der Waals surface area contributed by atoms with Crippen molar-refractivity contribution < 1.29 is 52.1 Å². The molecule has 0 saturated carbocycles. The van der Waals surface area contributed by atoms with Gasteiger partial charge in [0.1, 0.15) is 48.8 Å². The molecule has 0 bridgehead atoms. The van der Waals surface area contributed by atoms with Crippen LogP contribution < -0.4 is 0 Å². The molecule has 2 saturated heterocycles. The van der Waals surface area contributed by atoms with Crippen molar-refractivity contribution in [3.8, 4) is 0 Å². The molecule has 7 aromatic carbocycles. The van der Waals surface area contributed by atoms with Crippen LogP contribution in [0.4, 0.5) is 0 Å². The minimum Gasteiger partial charge on any atom is -0.374 e. The second kappa shape index (κ2) is 28.9. The molecule has 0 aromatic heterocycles. The fourth-order valence-electron chi connectivity index (χ4n) is 9.16. The summed E-state index contributed by atoms with van der Waals surface area (Å²) in [5.41, 5.74) is 6.90. The Morgan fingerprint density at radius 2 is 0.554 bits per heavy atom. The van der Waals surface area contributed by atoms with Crippen molar-refractivity contribution in [2.75, 3.05) is 19.2 Å². The number of hydrogen-bond acceptors (Lipinski definition) is 12. The monoisotopic (exact) mass is 1020 g/mol. The molecule has 2 aliphatic heterocycles. The van der Waals surface area contributed by atoms with Crippen molar-refractivity contribution in [1.29, 1.82) is 0 Å². The highest BCUT2D eigenvalue weighted by atomic mass is 32.1. The van der Waals surface area contributed by atoms with Gasteiger partial charge in [0.05, 0.1) is 65.4 Å². The first kappa shape index (κ1) is 53.3. The molecule has 386 valence electrons. The van der Waals surface area contributed by atoms with Crippen LogP contribution in [0.15, 0.2) is 212 Å². The van der Waals surface area contributed by atoms with Gasteiger partial charge in [0, 0.05) is 0 Å². The fraction of sp³-hybridized carbons (Fsp3) is 0.323. The lowest BCUT2D eigenvalue weighted by Crippen LogP contribution is -2.66. The lowest BCUT2D eigenvalue weighted by molar-refractivity contribution is -0.376. The number of thiol groups is 1. The van der Waals surface area contributed by atoms with Crippen LogP contribution in [0.5, 0.6) is 0 Å². The molecule has 0 spiro atoms. The van der Waals surface area contributed by atoms with Crippen LogP contribution in [0.3, 0.4) is 0 Å². The van der Waals surface area contributed by atoms with E-state index in [4.69, 9.17) is 52.1 Å². The molecule has 10 atom stereocenters. The highest BCUT2D eigenvalue weighted by Crippen LogP contribution is 2.37. The van der Waals surface area contributed by atoms with E-state index in [1.54, 1.807) is 0 Å². The molecule has 12 heteroatoms.